The maximum atomic E-state index is 6.06. The van der Waals surface area contributed by atoms with Gasteiger partial charge in [-0.1, -0.05) is 44.3 Å². The summed E-state index contributed by atoms with van der Waals surface area (Å²) >= 11 is 0. The molecule has 2 N–H and O–H groups in total. The largest absolute Gasteiger partial charge is 0.327 e. The Bertz CT molecular complexity index is 201. The van der Waals surface area contributed by atoms with Gasteiger partial charge in [0.05, 0.1) is 0 Å². The summed E-state index contributed by atoms with van der Waals surface area (Å²) in [4.78, 5) is 0. The topological polar surface area (TPSA) is 26.0 Å². The third-order valence-corrected chi connectivity index (χ3v) is 4.28. The Labute approximate surface area is 94.1 Å². The van der Waals surface area contributed by atoms with Crippen LogP contribution in [0.3, 0.4) is 0 Å². The van der Waals surface area contributed by atoms with Gasteiger partial charge in [-0.15, -0.1) is 0 Å². The molecule has 0 saturated heterocycles. The molecule has 0 spiro atoms. The summed E-state index contributed by atoms with van der Waals surface area (Å²) in [7, 11) is 0. The van der Waals surface area contributed by atoms with Crippen molar-refractivity contribution in [3.63, 3.8) is 0 Å². The molecule has 1 nitrogen and oxygen atoms in total. The van der Waals surface area contributed by atoms with E-state index in [-0.39, 0.29) is 0 Å². The number of fused-ring (bicyclic) bond motifs is 1. The van der Waals surface area contributed by atoms with Gasteiger partial charge in [-0.25, -0.2) is 0 Å². The predicted molar refractivity (Wildman–Crippen MR) is 65.6 cm³/mol. The van der Waals surface area contributed by atoms with Crippen molar-refractivity contribution in [3.05, 3.63) is 12.2 Å². The first-order chi connectivity index (χ1) is 7.38. The summed E-state index contributed by atoms with van der Waals surface area (Å²) in [5.41, 5.74) is 6.06. The van der Waals surface area contributed by atoms with Gasteiger partial charge in [0.25, 0.3) is 0 Å². The standard InChI is InChI=1S/C10H17N.C4H8/c11-10-7-3-5-8-4-1-2-6-9(8)10;1-2-4-3-1/h1-2,8-10H,3-7,11H2;1-4H2. The number of nitrogens with two attached hydrogens (primary N) is 1. The van der Waals surface area contributed by atoms with Gasteiger partial charge in [0, 0.05) is 6.04 Å². The third-order valence-electron chi connectivity index (χ3n) is 4.28. The molecule has 2 fully saturated rings. The van der Waals surface area contributed by atoms with E-state index < -0.39 is 0 Å². The fraction of sp³-hybridized carbons (Fsp3) is 0.857. The Morgan fingerprint density at radius 2 is 1.47 bits per heavy atom. The van der Waals surface area contributed by atoms with Crippen LogP contribution in [0.4, 0.5) is 0 Å². The van der Waals surface area contributed by atoms with Crippen LogP contribution in [-0.4, -0.2) is 6.04 Å². The van der Waals surface area contributed by atoms with Crippen LogP contribution in [0.1, 0.15) is 57.8 Å². The Balaban J connectivity index is 0.000000179. The van der Waals surface area contributed by atoms with Crippen LogP contribution >= 0.6 is 0 Å². The zero-order chi connectivity index (χ0) is 10.5. The lowest BCUT2D eigenvalue weighted by Gasteiger charge is -2.37. The van der Waals surface area contributed by atoms with Crippen molar-refractivity contribution in [1.29, 1.82) is 0 Å². The zero-order valence-electron chi connectivity index (χ0n) is 9.83. The first-order valence-electron chi connectivity index (χ1n) is 6.78. The third kappa shape index (κ3) is 3.07. The van der Waals surface area contributed by atoms with E-state index in [9.17, 15) is 0 Å². The van der Waals surface area contributed by atoms with E-state index in [2.05, 4.69) is 12.2 Å². The molecular formula is C14H25N. The van der Waals surface area contributed by atoms with Crippen LogP contribution in [0.5, 0.6) is 0 Å². The van der Waals surface area contributed by atoms with Gasteiger partial charge < -0.3 is 5.73 Å². The van der Waals surface area contributed by atoms with Crippen molar-refractivity contribution in [3.8, 4) is 0 Å². The van der Waals surface area contributed by atoms with Crippen molar-refractivity contribution in [2.24, 2.45) is 17.6 Å². The summed E-state index contributed by atoms with van der Waals surface area (Å²) in [6.45, 7) is 0. The van der Waals surface area contributed by atoms with Crippen molar-refractivity contribution < 1.29 is 0 Å². The van der Waals surface area contributed by atoms with E-state index in [1.165, 1.54) is 57.8 Å². The summed E-state index contributed by atoms with van der Waals surface area (Å²) in [5.74, 6) is 1.73. The summed E-state index contributed by atoms with van der Waals surface area (Å²) in [5, 5.41) is 0. The second-order valence-electron chi connectivity index (χ2n) is 5.38. The summed E-state index contributed by atoms with van der Waals surface area (Å²) in [6, 6.07) is 0.499. The van der Waals surface area contributed by atoms with Crippen molar-refractivity contribution in [2.45, 2.75) is 63.8 Å². The van der Waals surface area contributed by atoms with Gasteiger partial charge in [0.2, 0.25) is 0 Å². The highest BCUT2D eigenvalue weighted by Gasteiger charge is 2.30. The minimum atomic E-state index is 0.499. The normalized spacial score (nSPS) is 38.3. The number of hydrogen-bond acceptors (Lipinski definition) is 1. The highest BCUT2D eigenvalue weighted by molar-refractivity contribution is 4.99. The van der Waals surface area contributed by atoms with Crippen LogP contribution in [0.2, 0.25) is 0 Å². The van der Waals surface area contributed by atoms with Gasteiger partial charge in [-0.05, 0) is 37.5 Å². The predicted octanol–water partition coefficient (Wildman–Crippen LogP) is 3.64. The molecule has 3 rings (SSSR count). The molecule has 86 valence electrons. The van der Waals surface area contributed by atoms with Gasteiger partial charge in [-0.2, -0.15) is 0 Å². The van der Waals surface area contributed by atoms with Crippen molar-refractivity contribution in [1.82, 2.24) is 0 Å². The van der Waals surface area contributed by atoms with Crippen LogP contribution in [-0.2, 0) is 0 Å². The van der Waals surface area contributed by atoms with Crippen molar-refractivity contribution in [2.75, 3.05) is 0 Å². The maximum Gasteiger partial charge on any atom is 0.00728 e. The van der Waals surface area contributed by atoms with Crippen molar-refractivity contribution >= 4 is 0 Å². The first-order valence-corrected chi connectivity index (χ1v) is 6.78. The molecule has 1 heteroatoms. The van der Waals surface area contributed by atoms with Gasteiger partial charge in [0.1, 0.15) is 0 Å². The molecule has 0 radical (unpaired) electrons. The molecule has 2 saturated carbocycles. The van der Waals surface area contributed by atoms with Crippen LogP contribution < -0.4 is 5.73 Å². The lowest BCUT2D eigenvalue weighted by atomic mass is 9.71. The van der Waals surface area contributed by atoms with Gasteiger partial charge in [-0.3, -0.25) is 0 Å². The highest BCUT2D eigenvalue weighted by atomic mass is 14.7. The lowest BCUT2D eigenvalue weighted by Crippen LogP contribution is -2.39. The SMILES string of the molecule is C1CCC1.NC1CCCC2CC=CCC12. The molecule has 3 atom stereocenters. The van der Waals surface area contributed by atoms with E-state index in [0.717, 1.165) is 11.8 Å². The molecule has 0 aromatic carbocycles. The molecule has 0 heterocycles. The van der Waals surface area contributed by atoms with E-state index >= 15 is 0 Å². The smallest absolute Gasteiger partial charge is 0.00728 e. The Kier molecular flexibility index (Phi) is 4.25. The van der Waals surface area contributed by atoms with E-state index in [0.29, 0.717) is 6.04 Å². The molecule has 3 aliphatic rings. The minimum Gasteiger partial charge on any atom is -0.327 e. The number of rotatable bonds is 0. The minimum absolute atomic E-state index is 0.499. The van der Waals surface area contributed by atoms with Gasteiger partial charge >= 0.3 is 0 Å². The summed E-state index contributed by atoms with van der Waals surface area (Å²) < 4.78 is 0. The Hall–Kier alpha value is -0.300. The molecule has 3 unspecified atom stereocenters. The van der Waals surface area contributed by atoms with Crippen LogP contribution in [0.25, 0.3) is 0 Å². The molecule has 0 bridgehead atoms. The molecule has 0 aromatic heterocycles. The summed E-state index contributed by atoms with van der Waals surface area (Å²) in [6.07, 6.45) is 17.2. The number of hydrogen-bond donors (Lipinski definition) is 1. The average Bonchev–Trinajstić information content (AvgIpc) is 2.16. The zero-order valence-corrected chi connectivity index (χ0v) is 9.83. The first kappa shape index (κ1) is 11.2. The van der Waals surface area contributed by atoms with E-state index in [1.54, 1.807) is 0 Å². The molecular weight excluding hydrogens is 182 g/mol. The second kappa shape index (κ2) is 5.69. The quantitative estimate of drug-likeness (QED) is 0.603. The monoisotopic (exact) mass is 207 g/mol. The molecule has 3 aliphatic carbocycles. The molecule has 0 aromatic rings. The highest BCUT2D eigenvalue weighted by Crippen LogP contribution is 2.36. The molecule has 0 aliphatic heterocycles. The van der Waals surface area contributed by atoms with Crippen LogP contribution in [0.15, 0.2) is 12.2 Å². The maximum absolute atomic E-state index is 6.06. The van der Waals surface area contributed by atoms with Crippen LogP contribution in [0, 0.1) is 11.8 Å². The Morgan fingerprint density at radius 3 is 2.07 bits per heavy atom. The van der Waals surface area contributed by atoms with E-state index in [4.69, 9.17) is 5.73 Å². The molecule has 15 heavy (non-hydrogen) atoms. The molecule has 0 amide bonds. The average molecular weight is 207 g/mol. The second-order valence-corrected chi connectivity index (χ2v) is 5.38. The fourth-order valence-electron chi connectivity index (χ4n) is 2.83. The number of allylic oxidation sites excluding steroid dienone is 2. The Morgan fingerprint density at radius 1 is 0.800 bits per heavy atom. The van der Waals surface area contributed by atoms with Gasteiger partial charge in [0.15, 0.2) is 0 Å². The van der Waals surface area contributed by atoms with E-state index in [1.807, 2.05) is 0 Å². The lowest BCUT2D eigenvalue weighted by molar-refractivity contribution is 0.199. The fourth-order valence-corrected chi connectivity index (χ4v) is 2.83.